The Morgan fingerprint density at radius 2 is 1.83 bits per heavy atom. The first-order valence-electron chi connectivity index (χ1n) is 7.78. The van der Waals surface area contributed by atoms with Gasteiger partial charge in [0.05, 0.1) is 7.11 Å². The molecule has 3 rings (SSSR count). The average Bonchev–Trinajstić information content (AvgIpc) is 2.59. The maximum Gasteiger partial charge on any atom is 0.313 e. The second-order valence-electron chi connectivity index (χ2n) is 5.92. The van der Waals surface area contributed by atoms with Crippen molar-refractivity contribution in [3.63, 3.8) is 0 Å². The van der Waals surface area contributed by atoms with E-state index in [1.807, 2.05) is 24.3 Å². The lowest BCUT2D eigenvalue weighted by molar-refractivity contribution is -0.140. The average molecular weight is 325 g/mol. The normalized spacial score (nSPS) is 19.8. The zero-order chi connectivity index (χ0) is 17.3. The number of hydrogen-bond donors (Lipinski definition) is 1. The Morgan fingerprint density at radius 1 is 1.17 bits per heavy atom. The fraction of sp³-hybridized carbons (Fsp3) is 0.263. The van der Waals surface area contributed by atoms with Crippen molar-refractivity contribution in [2.45, 2.75) is 25.4 Å². The van der Waals surface area contributed by atoms with Crippen LogP contribution in [0.25, 0.3) is 0 Å². The summed E-state index contributed by atoms with van der Waals surface area (Å²) in [5, 5.41) is 9.64. The minimum Gasteiger partial charge on any atom is -0.497 e. The van der Waals surface area contributed by atoms with Crippen LogP contribution in [0.2, 0.25) is 0 Å². The Kier molecular flexibility index (Phi) is 4.25. The van der Waals surface area contributed by atoms with Gasteiger partial charge in [0.1, 0.15) is 11.7 Å². The van der Waals surface area contributed by atoms with Crippen LogP contribution in [0.3, 0.4) is 0 Å². The molecule has 0 aliphatic carbocycles. The molecule has 0 bridgehead atoms. The monoisotopic (exact) mass is 325 g/mol. The number of fused-ring (bicyclic) bond motifs is 1. The second-order valence-corrected chi connectivity index (χ2v) is 5.92. The van der Waals surface area contributed by atoms with Crippen molar-refractivity contribution in [3.05, 3.63) is 65.2 Å². The summed E-state index contributed by atoms with van der Waals surface area (Å²) in [6, 6.07) is 14.0. The van der Waals surface area contributed by atoms with E-state index in [2.05, 4.69) is 0 Å². The molecule has 2 unspecified atom stereocenters. The number of ether oxygens (including phenoxy) is 1. The number of carboxylic acids is 1. The van der Waals surface area contributed by atoms with Crippen LogP contribution in [0.5, 0.6) is 5.75 Å². The molecule has 124 valence electrons. The van der Waals surface area contributed by atoms with Gasteiger partial charge < -0.3 is 14.7 Å². The molecule has 1 amide bonds. The molecule has 2 aromatic carbocycles. The Hall–Kier alpha value is -2.82. The zero-order valence-electron chi connectivity index (χ0n) is 13.6. The standard InChI is InChI=1S/C19H19NO4/c1-12-17(19(22)23)15-5-3-4-6-16(15)18(21)20(12)11-13-7-9-14(24-2)10-8-13/h3-10,12,17H,11H2,1-2H3,(H,22,23). The number of carbonyl (C=O) groups is 2. The lowest BCUT2D eigenvalue weighted by Crippen LogP contribution is -2.48. The number of carbonyl (C=O) groups excluding carboxylic acids is 1. The Bertz CT molecular complexity index is 769. The van der Waals surface area contributed by atoms with Crippen LogP contribution in [-0.4, -0.2) is 35.0 Å². The van der Waals surface area contributed by atoms with E-state index in [9.17, 15) is 14.7 Å². The molecular formula is C19H19NO4. The van der Waals surface area contributed by atoms with E-state index in [4.69, 9.17) is 4.74 Å². The topological polar surface area (TPSA) is 66.8 Å². The van der Waals surface area contributed by atoms with Gasteiger partial charge in [0, 0.05) is 18.2 Å². The van der Waals surface area contributed by atoms with E-state index in [0.29, 0.717) is 17.7 Å². The molecule has 0 spiro atoms. The first-order chi connectivity index (χ1) is 11.5. The molecule has 0 fully saturated rings. The SMILES string of the molecule is COc1ccc(CN2C(=O)c3ccccc3C(C(=O)O)C2C)cc1. The van der Waals surface area contributed by atoms with Gasteiger partial charge in [0.15, 0.2) is 0 Å². The van der Waals surface area contributed by atoms with Crippen LogP contribution >= 0.6 is 0 Å². The lowest BCUT2D eigenvalue weighted by atomic mass is 9.83. The number of benzene rings is 2. The van der Waals surface area contributed by atoms with Crippen LogP contribution in [0.4, 0.5) is 0 Å². The first-order valence-corrected chi connectivity index (χ1v) is 7.78. The lowest BCUT2D eigenvalue weighted by Gasteiger charge is -2.38. The Balaban J connectivity index is 1.95. The van der Waals surface area contributed by atoms with Crippen LogP contribution in [0, 0.1) is 0 Å². The molecule has 1 aliphatic heterocycles. The summed E-state index contributed by atoms with van der Waals surface area (Å²) in [6.45, 7) is 2.15. The van der Waals surface area contributed by atoms with E-state index >= 15 is 0 Å². The molecule has 5 nitrogen and oxygen atoms in total. The van der Waals surface area contributed by atoms with Gasteiger partial charge in [-0.3, -0.25) is 9.59 Å². The first kappa shape index (κ1) is 16.1. The number of carboxylic acid groups (broad SMARTS) is 1. The van der Waals surface area contributed by atoms with Gasteiger partial charge in [0.2, 0.25) is 0 Å². The highest BCUT2D eigenvalue weighted by Gasteiger charge is 2.40. The van der Waals surface area contributed by atoms with Crippen molar-refractivity contribution >= 4 is 11.9 Å². The highest BCUT2D eigenvalue weighted by Crippen LogP contribution is 2.34. The molecule has 0 saturated carbocycles. The molecule has 1 aliphatic rings. The fourth-order valence-electron chi connectivity index (χ4n) is 3.23. The molecule has 0 saturated heterocycles. The third-order valence-corrected chi connectivity index (χ3v) is 4.54. The number of methoxy groups -OCH3 is 1. The quantitative estimate of drug-likeness (QED) is 0.938. The summed E-state index contributed by atoms with van der Waals surface area (Å²) in [6.07, 6.45) is 0. The van der Waals surface area contributed by atoms with Gasteiger partial charge in [-0.2, -0.15) is 0 Å². The Morgan fingerprint density at radius 3 is 2.46 bits per heavy atom. The van der Waals surface area contributed by atoms with Crippen LogP contribution in [-0.2, 0) is 11.3 Å². The van der Waals surface area contributed by atoms with Gasteiger partial charge >= 0.3 is 5.97 Å². The van der Waals surface area contributed by atoms with E-state index in [1.165, 1.54) is 0 Å². The van der Waals surface area contributed by atoms with E-state index in [-0.39, 0.29) is 5.91 Å². The second kappa shape index (κ2) is 6.35. The maximum atomic E-state index is 12.8. The van der Waals surface area contributed by atoms with Crippen molar-refractivity contribution in [1.82, 2.24) is 4.90 Å². The smallest absolute Gasteiger partial charge is 0.313 e. The largest absolute Gasteiger partial charge is 0.497 e. The summed E-state index contributed by atoms with van der Waals surface area (Å²) >= 11 is 0. The van der Waals surface area contributed by atoms with Gasteiger partial charge in [-0.25, -0.2) is 0 Å². The maximum absolute atomic E-state index is 12.8. The number of nitrogens with zero attached hydrogens (tertiary/aromatic N) is 1. The summed E-state index contributed by atoms with van der Waals surface area (Å²) in [4.78, 5) is 26.2. The summed E-state index contributed by atoms with van der Waals surface area (Å²) < 4.78 is 5.14. The number of rotatable bonds is 4. The van der Waals surface area contributed by atoms with Crippen LogP contribution < -0.4 is 4.74 Å². The van der Waals surface area contributed by atoms with Gasteiger partial charge in [0.25, 0.3) is 5.91 Å². The summed E-state index contributed by atoms with van der Waals surface area (Å²) in [5.74, 6) is -1.03. The van der Waals surface area contributed by atoms with Gasteiger partial charge in [-0.1, -0.05) is 30.3 Å². The number of amides is 1. The molecular weight excluding hydrogens is 306 g/mol. The van der Waals surface area contributed by atoms with Crippen LogP contribution in [0.15, 0.2) is 48.5 Å². The molecule has 24 heavy (non-hydrogen) atoms. The predicted molar refractivity (Wildman–Crippen MR) is 89.1 cm³/mol. The third kappa shape index (κ3) is 2.73. The highest BCUT2D eigenvalue weighted by molar-refractivity contribution is 6.00. The van der Waals surface area contributed by atoms with E-state index < -0.39 is 17.9 Å². The predicted octanol–water partition coefficient (Wildman–Crippen LogP) is 2.91. The Labute approximate surface area is 140 Å². The zero-order valence-corrected chi connectivity index (χ0v) is 13.6. The minimum absolute atomic E-state index is 0.133. The fourth-order valence-corrected chi connectivity index (χ4v) is 3.23. The molecule has 1 N–H and O–H groups in total. The molecule has 2 aromatic rings. The van der Waals surface area contributed by atoms with Gasteiger partial charge in [-0.05, 0) is 36.2 Å². The summed E-state index contributed by atoms with van der Waals surface area (Å²) in [7, 11) is 1.60. The third-order valence-electron chi connectivity index (χ3n) is 4.54. The highest BCUT2D eigenvalue weighted by atomic mass is 16.5. The molecule has 2 atom stereocenters. The van der Waals surface area contributed by atoms with E-state index in [1.54, 1.807) is 43.2 Å². The molecule has 5 heteroatoms. The van der Waals surface area contributed by atoms with Crippen molar-refractivity contribution in [3.8, 4) is 5.75 Å². The van der Waals surface area contributed by atoms with Gasteiger partial charge in [-0.15, -0.1) is 0 Å². The number of aliphatic carboxylic acids is 1. The minimum atomic E-state index is -0.915. The van der Waals surface area contributed by atoms with Crippen molar-refractivity contribution < 1.29 is 19.4 Å². The molecule has 0 radical (unpaired) electrons. The van der Waals surface area contributed by atoms with Crippen molar-refractivity contribution in [2.24, 2.45) is 0 Å². The summed E-state index contributed by atoms with van der Waals surface area (Å²) in [5.41, 5.74) is 1.99. The van der Waals surface area contributed by atoms with Crippen molar-refractivity contribution in [1.29, 1.82) is 0 Å². The number of hydrogen-bond acceptors (Lipinski definition) is 3. The molecule has 0 aromatic heterocycles. The van der Waals surface area contributed by atoms with Crippen molar-refractivity contribution in [2.75, 3.05) is 7.11 Å². The van der Waals surface area contributed by atoms with E-state index in [0.717, 1.165) is 11.3 Å². The van der Waals surface area contributed by atoms with Crippen LogP contribution in [0.1, 0.15) is 34.3 Å². The molecule has 1 heterocycles.